The van der Waals surface area contributed by atoms with Crippen LogP contribution in [0.4, 0.5) is 20.3 Å². The largest absolute Gasteiger partial charge is 0.478 e. The van der Waals surface area contributed by atoms with Gasteiger partial charge >= 0.3 is 5.97 Å². The predicted molar refractivity (Wildman–Crippen MR) is 63.4 cm³/mol. The number of aromatic carboxylic acids is 1. The first-order valence-electron chi connectivity index (χ1n) is 5.26. The van der Waals surface area contributed by atoms with Crippen molar-refractivity contribution in [1.29, 1.82) is 0 Å². The lowest BCUT2D eigenvalue weighted by Crippen LogP contribution is -2.03. The number of carboxylic acid groups (broad SMARTS) is 1. The molecule has 98 valence electrons. The number of anilines is 2. The summed E-state index contributed by atoms with van der Waals surface area (Å²) in [6, 6.07) is 3.37. The van der Waals surface area contributed by atoms with Gasteiger partial charge in [-0.2, -0.15) is 0 Å². The van der Waals surface area contributed by atoms with Crippen LogP contribution in [-0.4, -0.2) is 21.0 Å². The van der Waals surface area contributed by atoms with Gasteiger partial charge in [0.15, 0.2) is 11.6 Å². The molecule has 0 radical (unpaired) electrons. The molecule has 0 amide bonds. The van der Waals surface area contributed by atoms with Gasteiger partial charge in [0.1, 0.15) is 12.1 Å². The van der Waals surface area contributed by atoms with Gasteiger partial charge in [0.25, 0.3) is 0 Å². The second-order valence-electron chi connectivity index (χ2n) is 3.75. The normalized spacial score (nSPS) is 10.3. The first-order valence-corrected chi connectivity index (χ1v) is 5.26. The molecule has 0 unspecified atom stereocenters. The fourth-order valence-electron chi connectivity index (χ4n) is 1.45. The molecule has 0 saturated heterocycles. The van der Waals surface area contributed by atoms with E-state index in [0.29, 0.717) is 0 Å². The van der Waals surface area contributed by atoms with Crippen molar-refractivity contribution < 1.29 is 18.7 Å². The molecule has 0 atom stereocenters. The minimum absolute atomic E-state index is 0.102. The maximum Gasteiger partial charge on any atom is 0.338 e. The minimum atomic E-state index is -1.37. The van der Waals surface area contributed by atoms with E-state index in [0.717, 1.165) is 12.1 Å². The van der Waals surface area contributed by atoms with Crippen LogP contribution in [0.2, 0.25) is 0 Å². The zero-order valence-electron chi connectivity index (χ0n) is 9.82. The highest BCUT2D eigenvalue weighted by molar-refractivity contribution is 5.88. The molecule has 0 aliphatic rings. The summed E-state index contributed by atoms with van der Waals surface area (Å²) < 4.78 is 27.1. The van der Waals surface area contributed by atoms with Gasteiger partial charge in [-0.3, -0.25) is 0 Å². The summed E-state index contributed by atoms with van der Waals surface area (Å²) in [4.78, 5) is 18.0. The Kier molecular flexibility index (Phi) is 3.37. The zero-order chi connectivity index (χ0) is 14.0. The third kappa shape index (κ3) is 2.65. The summed E-state index contributed by atoms with van der Waals surface area (Å²) in [6.45, 7) is 1.47. The molecule has 1 aromatic heterocycles. The van der Waals surface area contributed by atoms with Crippen LogP contribution in [0.15, 0.2) is 24.5 Å². The Labute approximate surface area is 106 Å². The molecule has 2 aromatic rings. The Morgan fingerprint density at radius 1 is 1.32 bits per heavy atom. The van der Waals surface area contributed by atoms with E-state index in [1.807, 2.05) is 0 Å². The second-order valence-corrected chi connectivity index (χ2v) is 3.75. The molecule has 0 saturated carbocycles. The molecular formula is C12H9F2N3O2. The van der Waals surface area contributed by atoms with Crippen molar-refractivity contribution in [2.75, 3.05) is 5.32 Å². The monoisotopic (exact) mass is 265 g/mol. The number of carboxylic acids is 1. The molecule has 5 nitrogen and oxygen atoms in total. The van der Waals surface area contributed by atoms with Gasteiger partial charge in [0.05, 0.1) is 11.3 Å². The first kappa shape index (κ1) is 12.9. The van der Waals surface area contributed by atoms with E-state index in [9.17, 15) is 13.6 Å². The fraction of sp³-hybridized carbons (Fsp3) is 0.0833. The van der Waals surface area contributed by atoms with Gasteiger partial charge in [0.2, 0.25) is 0 Å². The van der Waals surface area contributed by atoms with Gasteiger partial charge in [-0.1, -0.05) is 0 Å². The number of benzene rings is 1. The van der Waals surface area contributed by atoms with E-state index >= 15 is 0 Å². The molecule has 0 bridgehead atoms. The molecule has 1 aromatic carbocycles. The van der Waals surface area contributed by atoms with Gasteiger partial charge in [-0.05, 0) is 25.1 Å². The number of carbonyl (C=O) groups is 1. The highest BCUT2D eigenvalue weighted by Gasteiger charge is 2.12. The Morgan fingerprint density at radius 3 is 2.68 bits per heavy atom. The highest BCUT2D eigenvalue weighted by atomic mass is 19.1. The van der Waals surface area contributed by atoms with Crippen molar-refractivity contribution in [3.8, 4) is 0 Å². The minimum Gasteiger partial charge on any atom is -0.478 e. The summed E-state index contributed by atoms with van der Waals surface area (Å²) in [6.07, 6.45) is 1.17. The number of aryl methyl sites for hydroxylation is 1. The fourth-order valence-corrected chi connectivity index (χ4v) is 1.45. The summed E-state index contributed by atoms with van der Waals surface area (Å²) in [5.74, 6) is -3.03. The summed E-state index contributed by atoms with van der Waals surface area (Å²) >= 11 is 0. The Morgan fingerprint density at radius 2 is 2.05 bits per heavy atom. The molecule has 0 fully saturated rings. The second kappa shape index (κ2) is 4.97. The maximum absolute atomic E-state index is 13.6. The standard InChI is InChI=1S/C12H9F2N3O2/c1-6-10(14)11(16-5-15-6)17-7-2-3-8(12(18)19)9(13)4-7/h2-5H,1H3,(H,18,19)(H,15,16,17). The molecule has 0 aliphatic carbocycles. The summed E-state index contributed by atoms with van der Waals surface area (Å²) in [7, 11) is 0. The van der Waals surface area contributed by atoms with Crippen LogP contribution >= 0.6 is 0 Å². The van der Waals surface area contributed by atoms with E-state index in [1.165, 1.54) is 19.3 Å². The lowest BCUT2D eigenvalue weighted by Gasteiger charge is -2.08. The van der Waals surface area contributed by atoms with Crippen molar-refractivity contribution in [2.45, 2.75) is 6.92 Å². The number of halogens is 2. The SMILES string of the molecule is Cc1ncnc(Nc2ccc(C(=O)O)c(F)c2)c1F. The number of nitrogens with one attached hydrogen (secondary N) is 1. The molecule has 19 heavy (non-hydrogen) atoms. The van der Waals surface area contributed by atoms with E-state index in [2.05, 4.69) is 15.3 Å². The Hall–Kier alpha value is -2.57. The van der Waals surface area contributed by atoms with Crippen LogP contribution < -0.4 is 5.32 Å². The predicted octanol–water partition coefficient (Wildman–Crippen LogP) is 2.51. The lowest BCUT2D eigenvalue weighted by molar-refractivity contribution is 0.0692. The van der Waals surface area contributed by atoms with Crippen LogP contribution in [0.5, 0.6) is 0 Å². The average molecular weight is 265 g/mol. The van der Waals surface area contributed by atoms with Crippen LogP contribution in [0.1, 0.15) is 16.1 Å². The number of nitrogens with zero attached hydrogens (tertiary/aromatic N) is 2. The summed E-state index contributed by atoms with van der Waals surface area (Å²) in [5.41, 5.74) is -0.107. The van der Waals surface area contributed by atoms with Crippen molar-refractivity contribution in [3.05, 3.63) is 47.4 Å². The smallest absolute Gasteiger partial charge is 0.338 e. The maximum atomic E-state index is 13.6. The van der Waals surface area contributed by atoms with Crippen molar-refractivity contribution in [3.63, 3.8) is 0 Å². The topological polar surface area (TPSA) is 75.1 Å². The molecule has 2 rings (SSSR count). The molecule has 2 N–H and O–H groups in total. The van der Waals surface area contributed by atoms with Gasteiger partial charge < -0.3 is 10.4 Å². The lowest BCUT2D eigenvalue weighted by atomic mass is 10.2. The van der Waals surface area contributed by atoms with Crippen LogP contribution in [0.3, 0.4) is 0 Å². The zero-order valence-corrected chi connectivity index (χ0v) is 9.82. The quantitative estimate of drug-likeness (QED) is 0.891. The average Bonchev–Trinajstić information content (AvgIpc) is 2.34. The number of rotatable bonds is 3. The Balaban J connectivity index is 2.32. The van der Waals surface area contributed by atoms with Gasteiger partial charge in [0, 0.05) is 5.69 Å². The third-order valence-electron chi connectivity index (χ3n) is 2.43. The first-order chi connectivity index (χ1) is 8.99. The molecule has 0 spiro atoms. The van der Waals surface area contributed by atoms with Crippen molar-refractivity contribution in [1.82, 2.24) is 9.97 Å². The van der Waals surface area contributed by atoms with Crippen molar-refractivity contribution in [2.24, 2.45) is 0 Å². The van der Waals surface area contributed by atoms with Gasteiger partial charge in [-0.25, -0.2) is 23.5 Å². The number of hydrogen-bond acceptors (Lipinski definition) is 4. The van der Waals surface area contributed by atoms with E-state index in [-0.39, 0.29) is 17.2 Å². The molecule has 7 heteroatoms. The molecule has 0 aliphatic heterocycles. The van der Waals surface area contributed by atoms with E-state index in [4.69, 9.17) is 5.11 Å². The number of aromatic nitrogens is 2. The van der Waals surface area contributed by atoms with Crippen LogP contribution in [0.25, 0.3) is 0 Å². The highest BCUT2D eigenvalue weighted by Crippen LogP contribution is 2.20. The third-order valence-corrected chi connectivity index (χ3v) is 2.43. The van der Waals surface area contributed by atoms with Gasteiger partial charge in [-0.15, -0.1) is 0 Å². The van der Waals surface area contributed by atoms with E-state index in [1.54, 1.807) is 0 Å². The Bertz CT molecular complexity index is 647. The van der Waals surface area contributed by atoms with Crippen LogP contribution in [0, 0.1) is 18.6 Å². The molecular weight excluding hydrogens is 256 g/mol. The van der Waals surface area contributed by atoms with E-state index < -0.39 is 23.2 Å². The van der Waals surface area contributed by atoms with Crippen LogP contribution in [-0.2, 0) is 0 Å². The van der Waals surface area contributed by atoms with Crippen molar-refractivity contribution >= 4 is 17.5 Å². The molecule has 1 heterocycles. The number of hydrogen-bond donors (Lipinski definition) is 2. The summed E-state index contributed by atoms with van der Waals surface area (Å²) in [5, 5.41) is 11.2.